The van der Waals surface area contributed by atoms with Crippen molar-refractivity contribution in [1.82, 2.24) is 9.88 Å². The Hall–Kier alpha value is -1.89. The molecule has 2 aliphatic carbocycles. The largest absolute Gasteiger partial charge is 0.463 e. The summed E-state index contributed by atoms with van der Waals surface area (Å²) in [7, 11) is 0. The van der Waals surface area contributed by atoms with Crippen molar-refractivity contribution < 1.29 is 14.3 Å². The van der Waals surface area contributed by atoms with Gasteiger partial charge in [0.1, 0.15) is 0 Å². The van der Waals surface area contributed by atoms with Crippen LogP contribution in [0.25, 0.3) is 6.08 Å². The van der Waals surface area contributed by atoms with Crippen molar-refractivity contribution in [2.45, 2.75) is 83.7 Å². The number of hydrogen-bond donors (Lipinski definition) is 1. The molecule has 1 aromatic rings. The van der Waals surface area contributed by atoms with Gasteiger partial charge in [-0.15, -0.1) is 0 Å². The summed E-state index contributed by atoms with van der Waals surface area (Å²) >= 11 is 1.37. The first-order valence-corrected chi connectivity index (χ1v) is 11.8. The van der Waals surface area contributed by atoms with Gasteiger partial charge in [-0.2, -0.15) is 0 Å². The van der Waals surface area contributed by atoms with E-state index in [9.17, 15) is 9.59 Å². The predicted molar refractivity (Wildman–Crippen MR) is 117 cm³/mol. The first-order chi connectivity index (χ1) is 14.1. The summed E-state index contributed by atoms with van der Waals surface area (Å²) in [6, 6.07) is 0.648. The van der Waals surface area contributed by atoms with Crippen molar-refractivity contribution in [3.63, 3.8) is 0 Å². The molecule has 29 heavy (non-hydrogen) atoms. The highest BCUT2D eigenvalue weighted by Crippen LogP contribution is 2.33. The van der Waals surface area contributed by atoms with E-state index in [4.69, 9.17) is 4.74 Å². The Balaban J connectivity index is 1.65. The Morgan fingerprint density at radius 1 is 1.17 bits per heavy atom. The molecule has 0 aromatic carbocycles. The molecule has 0 bridgehead atoms. The third kappa shape index (κ3) is 6.29. The van der Waals surface area contributed by atoms with E-state index >= 15 is 0 Å². The SMILES string of the molecule is CCOC(=O)C=Cc1cnc(NC(=O)N(C2CCCCC2)C2CCC(C)CC2)s1. The monoisotopic (exact) mass is 419 g/mol. The molecule has 0 spiro atoms. The third-order valence-corrected chi connectivity index (χ3v) is 6.87. The highest BCUT2D eigenvalue weighted by molar-refractivity contribution is 7.16. The van der Waals surface area contributed by atoms with E-state index in [2.05, 4.69) is 22.1 Å². The number of nitrogens with one attached hydrogen (secondary N) is 1. The quantitative estimate of drug-likeness (QED) is 0.490. The molecule has 0 unspecified atom stereocenters. The molecule has 160 valence electrons. The van der Waals surface area contributed by atoms with Crippen molar-refractivity contribution in [2.24, 2.45) is 5.92 Å². The van der Waals surface area contributed by atoms with Crippen molar-refractivity contribution in [1.29, 1.82) is 0 Å². The van der Waals surface area contributed by atoms with Crippen LogP contribution in [0.5, 0.6) is 0 Å². The Morgan fingerprint density at radius 2 is 1.86 bits per heavy atom. The maximum Gasteiger partial charge on any atom is 0.330 e. The number of carbonyl (C=O) groups excluding carboxylic acids is 2. The molecule has 2 saturated carbocycles. The molecule has 2 amide bonds. The van der Waals surface area contributed by atoms with E-state index in [1.54, 1.807) is 19.2 Å². The minimum Gasteiger partial charge on any atom is -0.463 e. The lowest BCUT2D eigenvalue weighted by Crippen LogP contribution is -2.51. The van der Waals surface area contributed by atoms with E-state index < -0.39 is 0 Å². The van der Waals surface area contributed by atoms with Crippen LogP contribution in [-0.2, 0) is 9.53 Å². The predicted octanol–water partition coefficient (Wildman–Crippen LogP) is 5.46. The topological polar surface area (TPSA) is 71.5 Å². The van der Waals surface area contributed by atoms with Crippen molar-refractivity contribution in [3.8, 4) is 0 Å². The van der Waals surface area contributed by atoms with Crippen LogP contribution in [0.1, 0.15) is 76.5 Å². The fraction of sp³-hybridized carbons (Fsp3) is 0.682. The highest BCUT2D eigenvalue weighted by Gasteiger charge is 2.33. The Labute approximate surface area is 177 Å². The zero-order valence-corrected chi connectivity index (χ0v) is 18.4. The second-order valence-electron chi connectivity index (χ2n) is 8.20. The number of rotatable bonds is 6. The molecule has 1 aromatic heterocycles. The zero-order valence-electron chi connectivity index (χ0n) is 17.6. The van der Waals surface area contributed by atoms with Gasteiger partial charge in [0.2, 0.25) is 0 Å². The Morgan fingerprint density at radius 3 is 2.55 bits per heavy atom. The summed E-state index contributed by atoms with van der Waals surface area (Å²) in [6.45, 7) is 4.43. The summed E-state index contributed by atoms with van der Waals surface area (Å²) in [6.07, 6.45) is 15.2. The maximum absolute atomic E-state index is 13.2. The van der Waals surface area contributed by atoms with Gasteiger partial charge in [-0.3, -0.25) is 5.32 Å². The number of urea groups is 1. The van der Waals surface area contributed by atoms with Gasteiger partial charge in [0.05, 0.1) is 6.61 Å². The summed E-state index contributed by atoms with van der Waals surface area (Å²) in [4.78, 5) is 32.0. The minimum atomic E-state index is -0.374. The molecule has 1 N–H and O–H groups in total. The van der Waals surface area contributed by atoms with Crippen LogP contribution >= 0.6 is 11.3 Å². The molecular weight excluding hydrogens is 386 g/mol. The summed E-state index contributed by atoms with van der Waals surface area (Å²) in [5, 5.41) is 3.60. The second kappa shape index (κ2) is 10.8. The number of anilines is 1. The third-order valence-electron chi connectivity index (χ3n) is 5.99. The van der Waals surface area contributed by atoms with E-state index in [1.807, 2.05) is 0 Å². The van der Waals surface area contributed by atoms with Crippen LogP contribution in [-0.4, -0.2) is 40.6 Å². The van der Waals surface area contributed by atoms with E-state index in [1.165, 1.54) is 49.5 Å². The van der Waals surface area contributed by atoms with Gasteiger partial charge in [0, 0.05) is 29.2 Å². The fourth-order valence-corrected chi connectivity index (χ4v) is 5.14. The normalized spacial score (nSPS) is 23.1. The lowest BCUT2D eigenvalue weighted by molar-refractivity contribution is -0.137. The lowest BCUT2D eigenvalue weighted by atomic mass is 9.84. The minimum absolute atomic E-state index is 0.0216. The number of aromatic nitrogens is 1. The van der Waals surface area contributed by atoms with Gasteiger partial charge in [0.25, 0.3) is 0 Å². The summed E-state index contributed by atoms with van der Waals surface area (Å²) < 4.78 is 4.89. The van der Waals surface area contributed by atoms with Crippen LogP contribution in [0.15, 0.2) is 12.3 Å². The number of ether oxygens (including phenoxy) is 1. The molecule has 3 rings (SSSR count). The molecule has 2 fully saturated rings. The van der Waals surface area contributed by atoms with Gasteiger partial charge in [-0.05, 0) is 57.4 Å². The average molecular weight is 420 g/mol. The molecule has 6 nitrogen and oxygen atoms in total. The van der Waals surface area contributed by atoms with Crippen LogP contribution in [0.4, 0.5) is 9.93 Å². The number of hydrogen-bond acceptors (Lipinski definition) is 5. The van der Waals surface area contributed by atoms with E-state index in [0.717, 1.165) is 36.5 Å². The number of amides is 2. The summed E-state index contributed by atoms with van der Waals surface area (Å²) in [5.74, 6) is 0.386. The second-order valence-corrected chi connectivity index (χ2v) is 9.26. The Kier molecular flexibility index (Phi) is 8.09. The molecule has 1 heterocycles. The van der Waals surface area contributed by atoms with Crippen molar-refractivity contribution in [3.05, 3.63) is 17.2 Å². The molecule has 0 atom stereocenters. The molecule has 0 radical (unpaired) electrons. The zero-order chi connectivity index (χ0) is 20.6. The first kappa shape index (κ1) is 21.8. The number of carbonyl (C=O) groups is 2. The molecule has 0 saturated heterocycles. The molecule has 7 heteroatoms. The fourth-order valence-electron chi connectivity index (χ4n) is 4.43. The standard InChI is InChI=1S/C22H33N3O3S/c1-3-28-20(26)14-13-19-15-23-21(29-19)24-22(27)25(17-7-5-4-6-8-17)18-11-9-16(2)10-12-18/h13-18H,3-12H2,1-2H3,(H,23,24,27). The number of thiazole rings is 1. The van der Waals surface area contributed by atoms with Crippen molar-refractivity contribution >= 4 is 34.5 Å². The van der Waals surface area contributed by atoms with Crippen molar-refractivity contribution in [2.75, 3.05) is 11.9 Å². The highest BCUT2D eigenvalue weighted by atomic mass is 32.1. The summed E-state index contributed by atoms with van der Waals surface area (Å²) in [5.41, 5.74) is 0. The van der Waals surface area contributed by atoms with Gasteiger partial charge in [-0.25, -0.2) is 14.6 Å². The van der Waals surface area contributed by atoms with Gasteiger partial charge >= 0.3 is 12.0 Å². The molecule has 2 aliphatic rings. The van der Waals surface area contributed by atoms with Crippen LogP contribution in [0.2, 0.25) is 0 Å². The molecule has 0 aliphatic heterocycles. The van der Waals surface area contributed by atoms with E-state index in [0.29, 0.717) is 23.8 Å². The number of nitrogens with zero attached hydrogens (tertiary/aromatic N) is 2. The van der Waals surface area contributed by atoms with Crippen LogP contribution in [0.3, 0.4) is 0 Å². The van der Waals surface area contributed by atoms with E-state index in [-0.39, 0.29) is 12.0 Å². The van der Waals surface area contributed by atoms with Gasteiger partial charge in [-0.1, -0.05) is 37.5 Å². The average Bonchev–Trinajstić information content (AvgIpc) is 3.16. The number of esters is 1. The maximum atomic E-state index is 13.2. The first-order valence-electron chi connectivity index (χ1n) is 11.0. The van der Waals surface area contributed by atoms with Crippen LogP contribution < -0.4 is 5.32 Å². The lowest BCUT2D eigenvalue weighted by Gasteiger charge is -2.42. The van der Waals surface area contributed by atoms with Gasteiger partial charge in [0.15, 0.2) is 5.13 Å². The van der Waals surface area contributed by atoms with Crippen LogP contribution in [0, 0.1) is 5.92 Å². The van der Waals surface area contributed by atoms with Gasteiger partial charge < -0.3 is 9.64 Å². The Bertz CT molecular complexity index is 704. The smallest absolute Gasteiger partial charge is 0.330 e. The molecular formula is C22H33N3O3S.